The number of ether oxygens (including phenoxy) is 1. The quantitative estimate of drug-likeness (QED) is 0.875. The largest absolute Gasteiger partial charge is 0.376 e. The lowest BCUT2D eigenvalue weighted by Gasteiger charge is -2.39. The third-order valence-corrected chi connectivity index (χ3v) is 7.38. The van der Waals surface area contributed by atoms with Crippen LogP contribution in [0.3, 0.4) is 0 Å². The van der Waals surface area contributed by atoms with E-state index in [0.29, 0.717) is 24.4 Å². The number of nitrogens with zero attached hydrogens (tertiary/aromatic N) is 4. The van der Waals surface area contributed by atoms with Crippen LogP contribution >= 0.6 is 0 Å². The van der Waals surface area contributed by atoms with Gasteiger partial charge in [0.1, 0.15) is 12.1 Å². The molecule has 1 saturated heterocycles. The summed E-state index contributed by atoms with van der Waals surface area (Å²) in [5.41, 5.74) is -0.337. The number of hydrogen-bond donors (Lipinski definition) is 1. The third-order valence-electron chi connectivity index (χ3n) is 7.38. The van der Waals surface area contributed by atoms with Gasteiger partial charge >= 0.3 is 0 Å². The Morgan fingerprint density at radius 1 is 1.19 bits per heavy atom. The van der Waals surface area contributed by atoms with Crippen molar-refractivity contribution in [3.05, 3.63) is 22.8 Å². The molecule has 1 N–H and O–H groups in total. The summed E-state index contributed by atoms with van der Waals surface area (Å²) in [7, 11) is 0. The van der Waals surface area contributed by atoms with E-state index in [4.69, 9.17) is 4.74 Å². The van der Waals surface area contributed by atoms with E-state index < -0.39 is 10.8 Å². The fourth-order valence-corrected chi connectivity index (χ4v) is 5.30. The molecule has 0 radical (unpaired) electrons. The molecule has 1 aromatic rings. The highest BCUT2D eigenvalue weighted by Crippen LogP contribution is 2.70. The highest BCUT2D eigenvalue weighted by Gasteiger charge is 2.73. The van der Waals surface area contributed by atoms with Crippen LogP contribution in [0.5, 0.6) is 0 Å². The first-order valence-corrected chi connectivity index (χ1v) is 9.45. The summed E-state index contributed by atoms with van der Waals surface area (Å²) in [5.74, 6) is -0.0756. The number of rotatable bonds is 3. The van der Waals surface area contributed by atoms with E-state index in [9.17, 15) is 15.3 Å². The first-order valence-electron chi connectivity index (χ1n) is 9.45. The Labute approximate surface area is 158 Å². The minimum absolute atomic E-state index is 0.00509. The van der Waals surface area contributed by atoms with E-state index in [1.807, 2.05) is 12.1 Å². The molecule has 1 saturated carbocycles. The number of carbonyl (C=O) groups is 1. The number of nitriles is 2. The molecular weight excluding hydrogens is 342 g/mol. The zero-order valence-corrected chi connectivity index (χ0v) is 15.9. The van der Waals surface area contributed by atoms with E-state index in [-0.39, 0.29) is 28.8 Å². The molecule has 3 atom stereocenters. The average molecular weight is 365 g/mol. The molecule has 4 rings (SSSR count). The zero-order valence-electron chi connectivity index (χ0n) is 15.9. The van der Waals surface area contributed by atoms with Crippen LogP contribution in [0.2, 0.25) is 0 Å². The van der Waals surface area contributed by atoms with E-state index in [1.54, 1.807) is 0 Å². The Morgan fingerprint density at radius 2 is 1.85 bits per heavy atom. The van der Waals surface area contributed by atoms with Crippen LogP contribution in [0.15, 0.2) is 0 Å². The van der Waals surface area contributed by atoms with Gasteiger partial charge in [-0.1, -0.05) is 20.8 Å². The fraction of sp³-hybridized carbons (Fsp3) is 0.650. The number of fused-ring (bicyclic) bond motifs is 5. The van der Waals surface area contributed by atoms with Gasteiger partial charge in [-0.3, -0.25) is 4.79 Å². The summed E-state index contributed by atoms with van der Waals surface area (Å²) < 4.78 is 5.63. The Kier molecular flexibility index (Phi) is 3.80. The second-order valence-corrected chi connectivity index (χ2v) is 8.55. The molecule has 2 aliphatic carbocycles. The monoisotopic (exact) mass is 365 g/mol. The van der Waals surface area contributed by atoms with Crippen LogP contribution in [-0.4, -0.2) is 35.1 Å². The molecule has 1 aromatic heterocycles. The average Bonchev–Trinajstić information content (AvgIpc) is 3.28. The van der Waals surface area contributed by atoms with E-state index in [2.05, 4.69) is 36.1 Å². The molecule has 2 bridgehead atoms. The van der Waals surface area contributed by atoms with Crippen LogP contribution in [-0.2, 0) is 20.4 Å². The molecular formula is C20H23N5O2. The normalized spacial score (nSPS) is 32.6. The summed E-state index contributed by atoms with van der Waals surface area (Å²) in [4.78, 5) is 22.5. The topological polar surface area (TPSA) is 112 Å². The molecule has 3 unspecified atom stereocenters. The van der Waals surface area contributed by atoms with Crippen molar-refractivity contribution in [2.24, 2.45) is 5.41 Å². The van der Waals surface area contributed by atoms with Crippen molar-refractivity contribution < 1.29 is 9.53 Å². The van der Waals surface area contributed by atoms with E-state index >= 15 is 0 Å². The lowest BCUT2D eigenvalue weighted by molar-refractivity contribution is -0.131. The van der Waals surface area contributed by atoms with E-state index in [1.165, 1.54) is 0 Å². The van der Waals surface area contributed by atoms with Crippen LogP contribution in [0.25, 0.3) is 0 Å². The fourth-order valence-electron chi connectivity index (χ4n) is 5.30. The maximum absolute atomic E-state index is 13.5. The minimum atomic E-state index is -0.845. The Bertz CT molecular complexity index is 906. The summed E-state index contributed by atoms with van der Waals surface area (Å²) in [5, 5.41) is 21.8. The summed E-state index contributed by atoms with van der Waals surface area (Å²) in [6.07, 6.45) is 3.49. The summed E-state index contributed by atoms with van der Waals surface area (Å²) >= 11 is 0. The maximum atomic E-state index is 13.5. The van der Waals surface area contributed by atoms with Crippen LogP contribution in [0, 0.1) is 28.1 Å². The van der Waals surface area contributed by atoms with Gasteiger partial charge in [0, 0.05) is 18.6 Å². The van der Waals surface area contributed by atoms with Crippen molar-refractivity contribution in [1.29, 1.82) is 10.5 Å². The number of nitrogens with one attached hydrogen (secondary N) is 1. The Morgan fingerprint density at radius 3 is 2.44 bits per heavy atom. The molecule has 3 aliphatic rings. The Hall–Kier alpha value is -2.51. The van der Waals surface area contributed by atoms with Crippen LogP contribution < -0.4 is 5.32 Å². The maximum Gasteiger partial charge on any atom is 0.233 e. The van der Waals surface area contributed by atoms with Gasteiger partial charge in [-0.15, -0.1) is 0 Å². The lowest BCUT2D eigenvalue weighted by Crippen LogP contribution is -2.52. The molecule has 1 aliphatic heterocycles. The molecule has 7 heteroatoms. The van der Waals surface area contributed by atoms with Crippen molar-refractivity contribution in [3.63, 3.8) is 0 Å². The predicted octanol–water partition coefficient (Wildman–Crippen LogP) is 1.84. The lowest BCUT2D eigenvalue weighted by atomic mass is 9.63. The number of hydrogen-bond acceptors (Lipinski definition) is 6. The first-order chi connectivity index (χ1) is 12.8. The molecule has 27 heavy (non-hydrogen) atoms. The van der Waals surface area contributed by atoms with Gasteiger partial charge in [0.2, 0.25) is 5.91 Å². The SMILES string of the molecule is CC12CCC(C(=O)NCC3CCCO3)(c3nc(C#N)c(C#N)nc31)C2(C)C. The first kappa shape index (κ1) is 17.9. The number of carbonyl (C=O) groups excluding carboxylic acids is 1. The van der Waals surface area contributed by atoms with Crippen molar-refractivity contribution in [2.45, 2.75) is 63.4 Å². The van der Waals surface area contributed by atoms with Gasteiger partial charge in [-0.05, 0) is 31.1 Å². The van der Waals surface area contributed by atoms with Crippen molar-refractivity contribution in [1.82, 2.24) is 15.3 Å². The summed E-state index contributed by atoms with van der Waals surface area (Å²) in [6.45, 7) is 7.47. The number of aromatic nitrogens is 2. The van der Waals surface area contributed by atoms with Crippen LogP contribution in [0.1, 0.15) is 69.2 Å². The molecule has 2 heterocycles. The molecule has 140 valence electrons. The van der Waals surface area contributed by atoms with Gasteiger partial charge in [-0.25, -0.2) is 9.97 Å². The second kappa shape index (κ2) is 5.74. The van der Waals surface area contributed by atoms with E-state index in [0.717, 1.165) is 25.9 Å². The smallest absolute Gasteiger partial charge is 0.233 e. The molecule has 2 fully saturated rings. The van der Waals surface area contributed by atoms with Crippen LogP contribution in [0.4, 0.5) is 0 Å². The third kappa shape index (κ3) is 2.06. The summed E-state index contributed by atoms with van der Waals surface area (Å²) in [6, 6.07) is 3.93. The second-order valence-electron chi connectivity index (χ2n) is 8.55. The highest BCUT2D eigenvalue weighted by atomic mass is 16.5. The predicted molar refractivity (Wildman–Crippen MR) is 95.5 cm³/mol. The van der Waals surface area contributed by atoms with Crippen molar-refractivity contribution in [2.75, 3.05) is 13.2 Å². The number of amides is 1. The van der Waals surface area contributed by atoms with Gasteiger partial charge in [-0.2, -0.15) is 10.5 Å². The molecule has 1 amide bonds. The minimum Gasteiger partial charge on any atom is -0.376 e. The van der Waals surface area contributed by atoms with Gasteiger partial charge in [0.05, 0.1) is 22.9 Å². The van der Waals surface area contributed by atoms with Crippen molar-refractivity contribution in [3.8, 4) is 12.1 Å². The standard InChI is InChI=1S/C20H23N5O2/c1-18(2)19(3)6-7-20(18,17(26)23-11-12-5-4-8-27-12)16-15(19)24-13(9-21)14(10-22)25-16/h12H,4-8,11H2,1-3H3,(H,23,26). The Balaban J connectivity index is 1.80. The van der Waals surface area contributed by atoms with Crippen molar-refractivity contribution >= 4 is 5.91 Å². The molecule has 7 nitrogen and oxygen atoms in total. The van der Waals surface area contributed by atoms with Gasteiger partial charge in [0.15, 0.2) is 11.4 Å². The molecule has 0 spiro atoms. The highest BCUT2D eigenvalue weighted by molar-refractivity contribution is 5.92. The van der Waals surface area contributed by atoms with Gasteiger partial charge in [0.25, 0.3) is 0 Å². The van der Waals surface area contributed by atoms with Gasteiger partial charge < -0.3 is 10.1 Å². The molecule has 0 aromatic carbocycles. The zero-order chi connectivity index (χ0) is 19.4.